The van der Waals surface area contributed by atoms with Crippen LogP contribution in [0.4, 0.5) is 0 Å². The van der Waals surface area contributed by atoms with Crippen LogP contribution in [0.5, 0.6) is 5.75 Å². The fraction of sp³-hybridized carbons (Fsp3) is 0.292. The van der Waals surface area contributed by atoms with Crippen LogP contribution >= 0.6 is 0 Å². The van der Waals surface area contributed by atoms with Crippen LogP contribution in [0.25, 0.3) is 16.6 Å². The number of nitrogens with zero attached hydrogens (tertiary/aromatic N) is 2. The van der Waals surface area contributed by atoms with E-state index in [0.717, 1.165) is 41.7 Å². The van der Waals surface area contributed by atoms with Crippen LogP contribution in [0.2, 0.25) is 0 Å². The molecule has 0 aliphatic carbocycles. The molecule has 3 heterocycles. The number of fused-ring (bicyclic) bond motifs is 3. The number of benzene rings is 2. The Labute approximate surface area is 169 Å². The Balaban J connectivity index is 1.31. The molecule has 0 amide bonds. The molecule has 1 aliphatic rings. The summed E-state index contributed by atoms with van der Waals surface area (Å²) in [4.78, 5) is 4.34. The minimum atomic E-state index is -0.104. The van der Waals surface area contributed by atoms with Crippen molar-refractivity contribution < 1.29 is 14.2 Å². The highest BCUT2D eigenvalue weighted by Gasteiger charge is 2.23. The van der Waals surface area contributed by atoms with Crippen molar-refractivity contribution in [3.63, 3.8) is 0 Å². The van der Waals surface area contributed by atoms with Gasteiger partial charge in [-0.15, -0.1) is 0 Å². The van der Waals surface area contributed by atoms with E-state index in [-0.39, 0.29) is 6.29 Å². The number of methoxy groups -OCH3 is 1. The number of aromatic nitrogens is 2. The zero-order valence-corrected chi connectivity index (χ0v) is 16.5. The minimum absolute atomic E-state index is 0.104. The van der Waals surface area contributed by atoms with Gasteiger partial charge in [-0.05, 0) is 53.8 Å². The summed E-state index contributed by atoms with van der Waals surface area (Å²) in [5.41, 5.74) is 4.58. The Hall–Kier alpha value is -2.89. The van der Waals surface area contributed by atoms with Gasteiger partial charge in [0, 0.05) is 31.3 Å². The monoisotopic (exact) mass is 388 g/mol. The Morgan fingerprint density at radius 3 is 3.03 bits per heavy atom. The molecule has 2 unspecified atom stereocenters. The van der Waals surface area contributed by atoms with Crippen molar-refractivity contribution in [2.24, 2.45) is 0 Å². The van der Waals surface area contributed by atoms with Crippen molar-refractivity contribution >= 4 is 16.6 Å². The van der Waals surface area contributed by atoms with Crippen LogP contribution in [0, 0.1) is 0 Å². The van der Waals surface area contributed by atoms with E-state index in [1.807, 2.05) is 24.5 Å². The van der Waals surface area contributed by atoms with Crippen LogP contribution in [-0.2, 0) is 16.1 Å². The summed E-state index contributed by atoms with van der Waals surface area (Å²) in [6.07, 6.45) is 5.62. The standard InChI is InChI=1S/C24H24N2O3/c1-27-24-15-19(9-12-28-24)18-4-2-3-17(13-18)16-29-21-6-7-22-20(14-21)5-8-23-25-10-11-26(22)23/h2-8,10-11,13-14,19,24H,9,12,15-16H2,1H3. The van der Waals surface area contributed by atoms with Crippen LogP contribution in [0.3, 0.4) is 0 Å². The molecule has 2 aromatic heterocycles. The van der Waals surface area contributed by atoms with Gasteiger partial charge in [0.15, 0.2) is 6.29 Å². The molecule has 2 atom stereocenters. The Kier molecular flexibility index (Phi) is 4.92. The third kappa shape index (κ3) is 3.71. The second kappa shape index (κ2) is 7.85. The summed E-state index contributed by atoms with van der Waals surface area (Å²) < 4.78 is 19.2. The maximum atomic E-state index is 6.10. The first-order valence-corrected chi connectivity index (χ1v) is 10.0. The number of ether oxygens (including phenoxy) is 3. The highest BCUT2D eigenvalue weighted by molar-refractivity contribution is 5.83. The van der Waals surface area contributed by atoms with Gasteiger partial charge in [-0.1, -0.05) is 24.3 Å². The summed E-state index contributed by atoms with van der Waals surface area (Å²) >= 11 is 0. The van der Waals surface area contributed by atoms with Crippen molar-refractivity contribution in [1.29, 1.82) is 0 Å². The molecule has 5 heteroatoms. The molecule has 5 nitrogen and oxygen atoms in total. The van der Waals surface area contributed by atoms with Gasteiger partial charge in [0.25, 0.3) is 0 Å². The number of pyridine rings is 1. The molecule has 2 aromatic carbocycles. The topological polar surface area (TPSA) is 45.0 Å². The van der Waals surface area contributed by atoms with Crippen LogP contribution < -0.4 is 4.74 Å². The van der Waals surface area contributed by atoms with E-state index in [9.17, 15) is 0 Å². The summed E-state index contributed by atoms with van der Waals surface area (Å²) in [6.45, 7) is 1.29. The van der Waals surface area contributed by atoms with E-state index >= 15 is 0 Å². The van der Waals surface area contributed by atoms with Gasteiger partial charge in [-0.2, -0.15) is 0 Å². The van der Waals surface area contributed by atoms with E-state index in [0.29, 0.717) is 12.5 Å². The zero-order chi connectivity index (χ0) is 19.6. The average Bonchev–Trinajstić information content (AvgIpc) is 3.27. The van der Waals surface area contributed by atoms with Gasteiger partial charge >= 0.3 is 0 Å². The van der Waals surface area contributed by atoms with E-state index in [1.165, 1.54) is 11.1 Å². The van der Waals surface area contributed by atoms with Gasteiger partial charge in [0.1, 0.15) is 18.0 Å². The van der Waals surface area contributed by atoms with Crippen molar-refractivity contribution in [3.8, 4) is 5.75 Å². The molecule has 0 bridgehead atoms. The predicted octanol–water partition coefficient (Wildman–Crippen LogP) is 4.93. The molecule has 148 valence electrons. The smallest absolute Gasteiger partial charge is 0.157 e. The highest BCUT2D eigenvalue weighted by atomic mass is 16.7. The summed E-state index contributed by atoms with van der Waals surface area (Å²) in [6, 6.07) is 19.0. The van der Waals surface area contributed by atoms with E-state index in [1.54, 1.807) is 7.11 Å². The zero-order valence-electron chi connectivity index (χ0n) is 16.5. The fourth-order valence-corrected chi connectivity index (χ4v) is 4.11. The summed E-state index contributed by atoms with van der Waals surface area (Å²) in [7, 11) is 1.71. The largest absolute Gasteiger partial charge is 0.489 e. The average molecular weight is 388 g/mol. The molecule has 1 saturated heterocycles. The Bertz CT molecular complexity index is 1140. The maximum Gasteiger partial charge on any atom is 0.157 e. The van der Waals surface area contributed by atoms with Gasteiger partial charge in [0.05, 0.1) is 12.1 Å². The molecule has 0 N–H and O–H groups in total. The molecular formula is C24H24N2O3. The molecule has 1 fully saturated rings. The molecule has 0 spiro atoms. The quantitative estimate of drug-likeness (QED) is 0.486. The molecule has 0 radical (unpaired) electrons. The van der Waals surface area contributed by atoms with Crippen LogP contribution in [0.15, 0.2) is 67.0 Å². The molecule has 4 aromatic rings. The Morgan fingerprint density at radius 2 is 2.10 bits per heavy atom. The number of rotatable bonds is 5. The first-order chi connectivity index (χ1) is 14.3. The van der Waals surface area contributed by atoms with Gasteiger partial charge in [0.2, 0.25) is 0 Å². The maximum absolute atomic E-state index is 6.10. The lowest BCUT2D eigenvalue weighted by Gasteiger charge is -2.29. The first-order valence-electron chi connectivity index (χ1n) is 10.0. The van der Waals surface area contributed by atoms with Crippen LogP contribution in [0.1, 0.15) is 29.9 Å². The van der Waals surface area contributed by atoms with Gasteiger partial charge in [-0.3, -0.25) is 4.40 Å². The molecule has 0 saturated carbocycles. The van der Waals surface area contributed by atoms with E-state index in [4.69, 9.17) is 14.2 Å². The number of hydrogen-bond donors (Lipinski definition) is 0. The highest BCUT2D eigenvalue weighted by Crippen LogP contribution is 2.31. The third-order valence-corrected chi connectivity index (χ3v) is 5.68. The van der Waals surface area contributed by atoms with Crippen LogP contribution in [-0.4, -0.2) is 29.4 Å². The molecular weight excluding hydrogens is 364 g/mol. The first kappa shape index (κ1) is 18.2. The second-order valence-electron chi connectivity index (χ2n) is 7.50. The normalized spacial score (nSPS) is 19.6. The van der Waals surface area contributed by atoms with E-state index < -0.39 is 0 Å². The Morgan fingerprint density at radius 1 is 1.14 bits per heavy atom. The molecule has 5 rings (SSSR count). The number of imidazole rings is 1. The lowest BCUT2D eigenvalue weighted by atomic mass is 9.90. The molecule has 1 aliphatic heterocycles. The lowest BCUT2D eigenvalue weighted by molar-refractivity contribution is -0.150. The van der Waals surface area contributed by atoms with E-state index in [2.05, 4.69) is 51.8 Å². The third-order valence-electron chi connectivity index (χ3n) is 5.68. The van der Waals surface area contributed by atoms with Crippen molar-refractivity contribution in [1.82, 2.24) is 9.38 Å². The fourth-order valence-electron chi connectivity index (χ4n) is 4.11. The summed E-state index contributed by atoms with van der Waals surface area (Å²) in [5.74, 6) is 1.33. The molecule has 29 heavy (non-hydrogen) atoms. The number of hydrogen-bond acceptors (Lipinski definition) is 4. The van der Waals surface area contributed by atoms with Crippen molar-refractivity contribution in [2.45, 2.75) is 31.7 Å². The van der Waals surface area contributed by atoms with Gasteiger partial charge < -0.3 is 14.2 Å². The minimum Gasteiger partial charge on any atom is -0.489 e. The van der Waals surface area contributed by atoms with Crippen molar-refractivity contribution in [3.05, 3.63) is 78.1 Å². The second-order valence-corrected chi connectivity index (χ2v) is 7.50. The summed E-state index contributed by atoms with van der Waals surface area (Å²) in [5, 5.41) is 1.13. The lowest BCUT2D eigenvalue weighted by Crippen LogP contribution is -2.26. The van der Waals surface area contributed by atoms with Crippen molar-refractivity contribution in [2.75, 3.05) is 13.7 Å². The SMILES string of the molecule is COC1CC(c2cccc(COc3ccc4c(ccc5nccn54)c3)c2)CCO1. The van der Waals surface area contributed by atoms with Gasteiger partial charge in [-0.25, -0.2) is 4.98 Å². The predicted molar refractivity (Wildman–Crippen MR) is 112 cm³/mol.